The first-order chi connectivity index (χ1) is 6.98. The minimum atomic E-state index is 0.0993. The second-order valence-corrected chi connectivity index (χ2v) is 5.40. The summed E-state index contributed by atoms with van der Waals surface area (Å²) in [6.07, 6.45) is 3.07. The molecular weight excluding hydrogens is 256 g/mol. The van der Waals surface area contributed by atoms with Crippen molar-refractivity contribution in [1.82, 2.24) is 0 Å². The molecule has 0 saturated heterocycles. The first-order valence-electron chi connectivity index (χ1n) is 4.81. The molecule has 80 valence electrons. The Morgan fingerprint density at radius 2 is 1.73 bits per heavy atom. The van der Waals surface area contributed by atoms with Crippen LogP contribution in [0.5, 0.6) is 11.5 Å². The smallest absolute Gasteiger partial charge is 0.183 e. The van der Waals surface area contributed by atoms with Gasteiger partial charge in [-0.25, -0.2) is 0 Å². The molecule has 0 unspecified atom stereocenters. The van der Waals surface area contributed by atoms with Gasteiger partial charge in [0.25, 0.3) is 0 Å². The summed E-state index contributed by atoms with van der Waals surface area (Å²) < 4.78 is 11.7. The van der Waals surface area contributed by atoms with Gasteiger partial charge in [-0.3, -0.25) is 0 Å². The molecule has 1 aromatic carbocycles. The molecule has 0 atom stereocenters. The predicted octanol–water partition coefficient (Wildman–Crippen LogP) is 3.99. The van der Waals surface area contributed by atoms with Gasteiger partial charge in [-0.15, -0.1) is 0 Å². The van der Waals surface area contributed by atoms with Crippen LogP contribution in [0.1, 0.15) is 26.3 Å². The Hall–Kier alpha value is -0.960. The fourth-order valence-electron chi connectivity index (χ4n) is 1.40. The Morgan fingerprint density at radius 1 is 1.07 bits per heavy atom. The van der Waals surface area contributed by atoms with E-state index in [0.717, 1.165) is 16.0 Å². The second-order valence-electron chi connectivity index (χ2n) is 4.54. The first-order valence-corrected chi connectivity index (χ1v) is 5.60. The van der Waals surface area contributed by atoms with E-state index in [1.165, 1.54) is 11.8 Å². The van der Waals surface area contributed by atoms with Gasteiger partial charge in [-0.2, -0.15) is 0 Å². The Bertz CT molecular complexity index is 416. The van der Waals surface area contributed by atoms with Gasteiger partial charge < -0.3 is 9.47 Å². The average molecular weight is 269 g/mol. The number of fused-ring (bicyclic) bond motifs is 1. The summed E-state index contributed by atoms with van der Waals surface area (Å²) in [7, 11) is 0. The van der Waals surface area contributed by atoms with Gasteiger partial charge in [0.2, 0.25) is 0 Å². The zero-order chi connectivity index (χ0) is 11.1. The molecule has 1 aromatic rings. The van der Waals surface area contributed by atoms with Crippen LogP contribution in [0.15, 0.2) is 29.1 Å². The number of hydrogen-bond acceptors (Lipinski definition) is 2. The third-order valence-electron chi connectivity index (χ3n) is 2.31. The number of hydrogen-bond donors (Lipinski definition) is 0. The molecule has 1 aliphatic rings. The number of ether oxygens (including phenoxy) is 2. The van der Waals surface area contributed by atoms with Crippen LogP contribution in [0.25, 0.3) is 0 Å². The molecule has 0 amide bonds. The highest BCUT2D eigenvalue weighted by Crippen LogP contribution is 2.41. The van der Waals surface area contributed by atoms with Crippen molar-refractivity contribution in [1.29, 1.82) is 0 Å². The molecular formula is C12H13BrO2. The highest BCUT2D eigenvalue weighted by molar-refractivity contribution is 9.10. The zero-order valence-corrected chi connectivity index (χ0v) is 10.6. The molecule has 0 aliphatic carbocycles. The SMILES string of the molecule is CC(C)(C)c1cc(Br)c2c(c1)OC=CO2. The standard InChI is InChI=1S/C12H13BrO2/c1-12(2,3)8-6-9(13)11-10(7-8)14-4-5-15-11/h4-7H,1-3H3. The fourth-order valence-corrected chi connectivity index (χ4v) is 1.94. The van der Waals surface area contributed by atoms with Gasteiger partial charge in [-0.05, 0) is 39.0 Å². The van der Waals surface area contributed by atoms with Gasteiger partial charge in [0.15, 0.2) is 11.5 Å². The Balaban J connectivity index is 2.52. The molecule has 0 N–H and O–H groups in total. The van der Waals surface area contributed by atoms with E-state index in [2.05, 4.69) is 42.8 Å². The van der Waals surface area contributed by atoms with Crippen LogP contribution >= 0.6 is 15.9 Å². The van der Waals surface area contributed by atoms with Crippen molar-refractivity contribution in [3.8, 4) is 11.5 Å². The minimum Gasteiger partial charge on any atom is -0.458 e. The van der Waals surface area contributed by atoms with E-state index in [1.807, 2.05) is 6.07 Å². The molecule has 2 rings (SSSR count). The first kappa shape index (κ1) is 10.6. The quantitative estimate of drug-likeness (QED) is 0.709. The van der Waals surface area contributed by atoms with E-state index < -0.39 is 0 Å². The normalized spacial score (nSPS) is 14.1. The second kappa shape index (κ2) is 3.56. The van der Waals surface area contributed by atoms with Crippen LogP contribution in [0, 0.1) is 0 Å². The van der Waals surface area contributed by atoms with Crippen LogP contribution in [0.3, 0.4) is 0 Å². The Kier molecular flexibility index (Phi) is 2.51. The van der Waals surface area contributed by atoms with E-state index in [9.17, 15) is 0 Å². The summed E-state index contributed by atoms with van der Waals surface area (Å²) in [5.74, 6) is 1.50. The van der Waals surface area contributed by atoms with E-state index in [-0.39, 0.29) is 5.41 Å². The molecule has 1 aliphatic heterocycles. The molecule has 0 fully saturated rings. The number of rotatable bonds is 0. The molecule has 0 radical (unpaired) electrons. The lowest BCUT2D eigenvalue weighted by molar-refractivity contribution is 0.358. The van der Waals surface area contributed by atoms with Crippen molar-refractivity contribution in [2.45, 2.75) is 26.2 Å². The van der Waals surface area contributed by atoms with Gasteiger partial charge in [0.05, 0.1) is 4.47 Å². The third kappa shape index (κ3) is 2.02. The van der Waals surface area contributed by atoms with Crippen LogP contribution < -0.4 is 9.47 Å². The van der Waals surface area contributed by atoms with E-state index in [0.29, 0.717) is 0 Å². The highest BCUT2D eigenvalue weighted by Gasteiger charge is 2.20. The van der Waals surface area contributed by atoms with Crippen molar-refractivity contribution >= 4 is 15.9 Å². The Labute approximate surface area is 98.0 Å². The predicted molar refractivity (Wildman–Crippen MR) is 63.2 cm³/mol. The van der Waals surface area contributed by atoms with Crippen molar-refractivity contribution in [3.63, 3.8) is 0 Å². The molecule has 3 heteroatoms. The Morgan fingerprint density at radius 3 is 2.40 bits per heavy atom. The van der Waals surface area contributed by atoms with E-state index in [4.69, 9.17) is 9.47 Å². The molecule has 1 heterocycles. The monoisotopic (exact) mass is 268 g/mol. The molecule has 0 bridgehead atoms. The van der Waals surface area contributed by atoms with Crippen LogP contribution in [-0.2, 0) is 5.41 Å². The molecule has 2 nitrogen and oxygen atoms in total. The van der Waals surface area contributed by atoms with E-state index in [1.54, 1.807) is 6.26 Å². The van der Waals surface area contributed by atoms with E-state index >= 15 is 0 Å². The summed E-state index contributed by atoms with van der Waals surface area (Å²) in [6, 6.07) is 4.09. The lowest BCUT2D eigenvalue weighted by Crippen LogP contribution is -2.12. The van der Waals surface area contributed by atoms with Crippen molar-refractivity contribution in [3.05, 3.63) is 34.7 Å². The van der Waals surface area contributed by atoms with Crippen molar-refractivity contribution in [2.75, 3.05) is 0 Å². The topological polar surface area (TPSA) is 18.5 Å². The summed E-state index contributed by atoms with van der Waals surface area (Å²) in [4.78, 5) is 0. The maximum Gasteiger partial charge on any atom is 0.183 e. The van der Waals surface area contributed by atoms with Crippen LogP contribution in [0.4, 0.5) is 0 Å². The summed E-state index contributed by atoms with van der Waals surface area (Å²) in [5, 5.41) is 0. The number of halogens is 1. The van der Waals surface area contributed by atoms with Gasteiger partial charge >= 0.3 is 0 Å². The summed E-state index contributed by atoms with van der Waals surface area (Å²) in [5.41, 5.74) is 1.31. The van der Waals surface area contributed by atoms with Gasteiger partial charge in [0, 0.05) is 0 Å². The van der Waals surface area contributed by atoms with Crippen molar-refractivity contribution < 1.29 is 9.47 Å². The molecule has 0 saturated carbocycles. The largest absolute Gasteiger partial charge is 0.458 e. The van der Waals surface area contributed by atoms with Gasteiger partial charge in [0.1, 0.15) is 12.5 Å². The lowest BCUT2D eigenvalue weighted by Gasteiger charge is -2.22. The maximum absolute atomic E-state index is 5.40. The zero-order valence-electron chi connectivity index (χ0n) is 9.00. The van der Waals surface area contributed by atoms with Crippen LogP contribution in [-0.4, -0.2) is 0 Å². The molecule has 15 heavy (non-hydrogen) atoms. The van der Waals surface area contributed by atoms with Gasteiger partial charge in [-0.1, -0.05) is 20.8 Å². The number of benzene rings is 1. The van der Waals surface area contributed by atoms with Crippen LogP contribution in [0.2, 0.25) is 0 Å². The fraction of sp³-hybridized carbons (Fsp3) is 0.333. The van der Waals surface area contributed by atoms with Crippen molar-refractivity contribution in [2.24, 2.45) is 0 Å². The maximum atomic E-state index is 5.40. The third-order valence-corrected chi connectivity index (χ3v) is 2.90. The summed E-state index contributed by atoms with van der Waals surface area (Å²) >= 11 is 3.49. The molecule has 0 spiro atoms. The lowest BCUT2D eigenvalue weighted by atomic mass is 9.87. The highest BCUT2D eigenvalue weighted by atomic mass is 79.9. The average Bonchev–Trinajstić information content (AvgIpc) is 2.16. The molecule has 0 aromatic heterocycles. The summed E-state index contributed by atoms with van der Waals surface area (Å²) in [6.45, 7) is 6.50. The minimum absolute atomic E-state index is 0.0993.